The molecule has 0 saturated heterocycles. The summed E-state index contributed by atoms with van der Waals surface area (Å²) in [7, 11) is 0. The fraction of sp³-hybridized carbons (Fsp3) is 0.188. The number of carbonyl (C=O) groups is 1. The number of hydrogen-bond donors (Lipinski definition) is 2. The molecular formula is C16H16N4OS2. The van der Waals surface area contributed by atoms with Gasteiger partial charge >= 0.3 is 0 Å². The van der Waals surface area contributed by atoms with Crippen molar-refractivity contribution in [2.24, 2.45) is 0 Å². The summed E-state index contributed by atoms with van der Waals surface area (Å²) in [6.07, 6.45) is 1.85. The molecule has 0 spiro atoms. The van der Waals surface area contributed by atoms with Crippen LogP contribution in [-0.4, -0.2) is 15.9 Å². The van der Waals surface area contributed by atoms with Crippen molar-refractivity contribution in [2.45, 2.75) is 20.4 Å². The minimum absolute atomic E-state index is 0.144. The number of anilines is 2. The summed E-state index contributed by atoms with van der Waals surface area (Å²) >= 11 is 3.05. The third kappa shape index (κ3) is 4.14. The van der Waals surface area contributed by atoms with Gasteiger partial charge in [-0.2, -0.15) is 0 Å². The van der Waals surface area contributed by atoms with Gasteiger partial charge < -0.3 is 5.32 Å². The van der Waals surface area contributed by atoms with Crippen LogP contribution in [0.5, 0.6) is 0 Å². The summed E-state index contributed by atoms with van der Waals surface area (Å²) in [5.74, 6) is -0.144. The molecule has 2 N–H and O–H groups in total. The first-order chi connectivity index (χ1) is 11.1. The predicted molar refractivity (Wildman–Crippen MR) is 95.4 cm³/mol. The molecule has 0 aliphatic heterocycles. The maximum absolute atomic E-state index is 12.1. The Kier molecular flexibility index (Phi) is 4.68. The number of aryl methyl sites for hydroxylation is 2. The second-order valence-electron chi connectivity index (χ2n) is 5.07. The summed E-state index contributed by atoms with van der Waals surface area (Å²) in [5.41, 5.74) is 2.62. The van der Waals surface area contributed by atoms with E-state index in [2.05, 4.69) is 20.6 Å². The maximum Gasteiger partial charge on any atom is 0.257 e. The van der Waals surface area contributed by atoms with Gasteiger partial charge in [-0.1, -0.05) is 12.1 Å². The van der Waals surface area contributed by atoms with E-state index in [-0.39, 0.29) is 5.91 Å². The first kappa shape index (κ1) is 15.6. The lowest BCUT2D eigenvalue weighted by atomic mass is 10.1. The van der Waals surface area contributed by atoms with Crippen LogP contribution in [0.3, 0.4) is 0 Å². The Labute approximate surface area is 142 Å². The van der Waals surface area contributed by atoms with Gasteiger partial charge in [0.05, 0.1) is 5.69 Å². The molecule has 1 aromatic carbocycles. The van der Waals surface area contributed by atoms with Crippen molar-refractivity contribution in [2.75, 3.05) is 10.6 Å². The van der Waals surface area contributed by atoms with Crippen molar-refractivity contribution in [1.82, 2.24) is 9.97 Å². The van der Waals surface area contributed by atoms with Crippen molar-refractivity contribution in [3.05, 3.63) is 57.5 Å². The number of aromatic nitrogens is 2. The molecule has 1 amide bonds. The van der Waals surface area contributed by atoms with Crippen LogP contribution in [0.2, 0.25) is 0 Å². The highest BCUT2D eigenvalue weighted by molar-refractivity contribution is 7.15. The number of rotatable bonds is 5. The molecule has 0 aliphatic carbocycles. The molecule has 5 nitrogen and oxygen atoms in total. The van der Waals surface area contributed by atoms with Gasteiger partial charge in [0.2, 0.25) is 0 Å². The van der Waals surface area contributed by atoms with Crippen LogP contribution < -0.4 is 10.6 Å². The van der Waals surface area contributed by atoms with Crippen LogP contribution in [0.4, 0.5) is 10.3 Å². The Morgan fingerprint density at radius 3 is 2.57 bits per heavy atom. The molecule has 0 unspecified atom stereocenters. The maximum atomic E-state index is 12.1. The smallest absolute Gasteiger partial charge is 0.257 e. The van der Waals surface area contributed by atoms with Crippen LogP contribution in [0, 0.1) is 13.8 Å². The molecule has 0 radical (unpaired) electrons. The highest BCUT2D eigenvalue weighted by atomic mass is 32.1. The van der Waals surface area contributed by atoms with Gasteiger partial charge in [-0.3, -0.25) is 10.1 Å². The molecule has 3 rings (SSSR count). The monoisotopic (exact) mass is 344 g/mol. The van der Waals surface area contributed by atoms with E-state index >= 15 is 0 Å². The molecule has 118 valence electrons. The van der Waals surface area contributed by atoms with Gasteiger partial charge in [-0.15, -0.1) is 22.7 Å². The predicted octanol–water partition coefficient (Wildman–Crippen LogP) is 4.08. The summed E-state index contributed by atoms with van der Waals surface area (Å²) < 4.78 is 0. The van der Waals surface area contributed by atoms with Crippen molar-refractivity contribution in [3.63, 3.8) is 0 Å². The van der Waals surface area contributed by atoms with E-state index in [1.165, 1.54) is 16.2 Å². The van der Waals surface area contributed by atoms with E-state index in [1.807, 2.05) is 49.7 Å². The second-order valence-corrected chi connectivity index (χ2v) is 7.17. The van der Waals surface area contributed by atoms with Crippen LogP contribution in [0.15, 0.2) is 35.8 Å². The largest absolute Gasteiger partial charge is 0.357 e. The molecule has 0 saturated carbocycles. The number of thiazole rings is 2. The Bertz CT molecular complexity index is 808. The Morgan fingerprint density at radius 1 is 1.17 bits per heavy atom. The van der Waals surface area contributed by atoms with E-state index in [1.54, 1.807) is 11.3 Å². The summed E-state index contributed by atoms with van der Waals surface area (Å²) in [6, 6.07) is 7.52. The number of nitrogens with zero attached hydrogens (tertiary/aromatic N) is 2. The molecule has 0 bridgehead atoms. The fourth-order valence-corrected chi connectivity index (χ4v) is 3.31. The summed E-state index contributed by atoms with van der Waals surface area (Å²) in [5, 5.41) is 9.51. The van der Waals surface area contributed by atoms with Crippen LogP contribution in [0.1, 0.15) is 26.5 Å². The molecule has 0 aliphatic rings. The quantitative estimate of drug-likeness (QED) is 0.732. The molecule has 7 heteroatoms. The van der Waals surface area contributed by atoms with Crippen LogP contribution >= 0.6 is 22.7 Å². The molecule has 2 heterocycles. The van der Waals surface area contributed by atoms with Gasteiger partial charge in [0.15, 0.2) is 10.3 Å². The Balaban J connectivity index is 1.58. The van der Waals surface area contributed by atoms with E-state index < -0.39 is 0 Å². The van der Waals surface area contributed by atoms with Gasteiger partial charge in [0, 0.05) is 28.6 Å². The lowest BCUT2D eigenvalue weighted by Gasteiger charge is -2.05. The number of carbonyl (C=O) groups excluding carboxylic acids is 1. The molecular weight excluding hydrogens is 328 g/mol. The van der Waals surface area contributed by atoms with E-state index in [4.69, 9.17) is 0 Å². The van der Waals surface area contributed by atoms with Crippen molar-refractivity contribution in [1.29, 1.82) is 0 Å². The van der Waals surface area contributed by atoms with Gasteiger partial charge in [-0.05, 0) is 31.5 Å². The number of amides is 1. The van der Waals surface area contributed by atoms with E-state index in [0.29, 0.717) is 17.2 Å². The standard InChI is InChI=1S/C16H16N4OS2/c1-10-9-22-16(19-10)20-14(21)13-5-3-12(4-6-13)8-18-15-17-7-11(2)23-15/h3-7,9H,8H2,1-2H3,(H,17,18)(H,19,20,21). The molecule has 3 aromatic rings. The van der Waals surface area contributed by atoms with E-state index in [0.717, 1.165) is 16.4 Å². The molecule has 2 aromatic heterocycles. The van der Waals surface area contributed by atoms with Crippen molar-refractivity contribution < 1.29 is 4.79 Å². The van der Waals surface area contributed by atoms with E-state index in [9.17, 15) is 4.79 Å². The third-order valence-electron chi connectivity index (χ3n) is 3.12. The lowest BCUT2D eigenvalue weighted by molar-refractivity contribution is 0.102. The molecule has 0 atom stereocenters. The lowest BCUT2D eigenvalue weighted by Crippen LogP contribution is -2.11. The number of benzene rings is 1. The van der Waals surface area contributed by atoms with Crippen LogP contribution in [0.25, 0.3) is 0 Å². The first-order valence-electron chi connectivity index (χ1n) is 7.09. The number of nitrogens with one attached hydrogen (secondary N) is 2. The summed E-state index contributed by atoms with van der Waals surface area (Å²) in [4.78, 5) is 21.8. The Morgan fingerprint density at radius 2 is 1.96 bits per heavy atom. The zero-order valence-corrected chi connectivity index (χ0v) is 14.4. The van der Waals surface area contributed by atoms with Crippen molar-refractivity contribution >= 4 is 38.8 Å². The average molecular weight is 344 g/mol. The van der Waals surface area contributed by atoms with Gasteiger partial charge in [0.1, 0.15) is 0 Å². The fourth-order valence-electron chi connectivity index (χ4n) is 1.97. The third-order valence-corrected chi connectivity index (χ3v) is 4.87. The second kappa shape index (κ2) is 6.89. The SMILES string of the molecule is Cc1csc(NC(=O)c2ccc(CNc3ncc(C)s3)cc2)n1. The molecule has 23 heavy (non-hydrogen) atoms. The first-order valence-corrected chi connectivity index (χ1v) is 8.78. The normalized spacial score (nSPS) is 10.5. The van der Waals surface area contributed by atoms with Crippen molar-refractivity contribution in [3.8, 4) is 0 Å². The zero-order chi connectivity index (χ0) is 16.2. The Hall–Kier alpha value is -2.25. The average Bonchev–Trinajstić information content (AvgIpc) is 3.14. The highest BCUT2D eigenvalue weighted by Crippen LogP contribution is 2.18. The van der Waals surface area contributed by atoms with Crippen LogP contribution in [-0.2, 0) is 6.54 Å². The molecule has 0 fully saturated rings. The minimum Gasteiger partial charge on any atom is -0.357 e. The number of hydrogen-bond acceptors (Lipinski definition) is 6. The topological polar surface area (TPSA) is 66.9 Å². The highest BCUT2D eigenvalue weighted by Gasteiger charge is 2.08. The van der Waals surface area contributed by atoms with Gasteiger partial charge in [0.25, 0.3) is 5.91 Å². The van der Waals surface area contributed by atoms with Gasteiger partial charge in [-0.25, -0.2) is 9.97 Å². The minimum atomic E-state index is -0.144. The zero-order valence-electron chi connectivity index (χ0n) is 12.8. The summed E-state index contributed by atoms with van der Waals surface area (Å²) in [6.45, 7) is 4.61.